The minimum atomic E-state index is -0.194. The van der Waals surface area contributed by atoms with Gasteiger partial charge in [0.05, 0.1) is 0 Å². The quantitative estimate of drug-likeness (QED) is 0.820. The van der Waals surface area contributed by atoms with E-state index in [2.05, 4.69) is 29.2 Å². The molecule has 2 saturated heterocycles. The lowest BCUT2D eigenvalue weighted by molar-refractivity contribution is -0.146. The summed E-state index contributed by atoms with van der Waals surface area (Å²) in [5, 5.41) is 0. The zero-order valence-corrected chi connectivity index (χ0v) is 16.1. The third kappa shape index (κ3) is 3.07. The largest absolute Gasteiger partial charge is 0.341 e. The molecular formula is C23H30N2O2. The number of benzene rings is 1. The Hall–Kier alpha value is -1.84. The molecule has 0 aromatic heterocycles. The molecule has 27 heavy (non-hydrogen) atoms. The number of hydrogen-bond donors (Lipinski definition) is 0. The van der Waals surface area contributed by atoms with E-state index in [4.69, 9.17) is 0 Å². The zero-order valence-electron chi connectivity index (χ0n) is 16.1. The van der Waals surface area contributed by atoms with Crippen LogP contribution in [0.25, 0.3) is 0 Å². The SMILES string of the molecule is O=C([C@@H]1C[C@@H]2CCCC[C@@H]2N1C(=O)[C@@H]1C[C@@H]1c1ccccc1)N1CCCC1. The van der Waals surface area contributed by atoms with Gasteiger partial charge in [-0.3, -0.25) is 9.59 Å². The predicted octanol–water partition coefficient (Wildman–Crippen LogP) is 3.57. The molecule has 1 aromatic rings. The van der Waals surface area contributed by atoms with E-state index in [-0.39, 0.29) is 23.8 Å². The molecule has 2 saturated carbocycles. The van der Waals surface area contributed by atoms with Crippen LogP contribution in [0.4, 0.5) is 0 Å². The highest BCUT2D eigenvalue weighted by Crippen LogP contribution is 2.51. The summed E-state index contributed by atoms with van der Waals surface area (Å²) in [6, 6.07) is 10.5. The molecule has 2 aliphatic carbocycles. The van der Waals surface area contributed by atoms with Gasteiger partial charge in [-0.25, -0.2) is 0 Å². The van der Waals surface area contributed by atoms with Gasteiger partial charge in [0.15, 0.2) is 0 Å². The molecule has 2 aliphatic heterocycles. The van der Waals surface area contributed by atoms with E-state index in [1.807, 2.05) is 11.0 Å². The third-order valence-corrected chi connectivity index (χ3v) is 7.38. The average Bonchev–Trinajstić information content (AvgIpc) is 3.14. The lowest BCUT2D eigenvalue weighted by Crippen LogP contribution is -2.50. The number of hydrogen-bond acceptors (Lipinski definition) is 2. The zero-order chi connectivity index (χ0) is 18.4. The van der Waals surface area contributed by atoms with Crippen molar-refractivity contribution >= 4 is 11.8 Å². The molecule has 4 aliphatic rings. The first-order chi connectivity index (χ1) is 13.2. The van der Waals surface area contributed by atoms with Crippen molar-refractivity contribution in [3.8, 4) is 0 Å². The molecule has 0 radical (unpaired) electrons. The van der Waals surface area contributed by atoms with Crippen molar-refractivity contribution in [3.05, 3.63) is 35.9 Å². The Morgan fingerprint density at radius 1 is 0.852 bits per heavy atom. The minimum absolute atomic E-state index is 0.0851. The van der Waals surface area contributed by atoms with Gasteiger partial charge in [0.1, 0.15) is 6.04 Å². The molecule has 5 rings (SSSR count). The topological polar surface area (TPSA) is 40.6 Å². The second kappa shape index (κ2) is 6.96. The van der Waals surface area contributed by atoms with Crippen molar-refractivity contribution in [1.29, 1.82) is 0 Å². The molecule has 0 spiro atoms. The van der Waals surface area contributed by atoms with E-state index in [9.17, 15) is 9.59 Å². The molecule has 144 valence electrons. The highest BCUT2D eigenvalue weighted by atomic mass is 16.2. The Morgan fingerprint density at radius 3 is 2.37 bits per heavy atom. The molecule has 2 amide bonds. The van der Waals surface area contributed by atoms with Crippen LogP contribution in [0.2, 0.25) is 0 Å². The summed E-state index contributed by atoms with van der Waals surface area (Å²) >= 11 is 0. The Morgan fingerprint density at radius 2 is 1.59 bits per heavy atom. The van der Waals surface area contributed by atoms with Crippen LogP contribution >= 0.6 is 0 Å². The molecule has 2 heterocycles. The highest BCUT2D eigenvalue weighted by Gasteiger charge is 2.54. The molecule has 4 heteroatoms. The first-order valence-electron chi connectivity index (χ1n) is 10.9. The van der Waals surface area contributed by atoms with Crippen LogP contribution < -0.4 is 0 Å². The molecule has 0 N–H and O–H groups in total. The summed E-state index contributed by atoms with van der Waals surface area (Å²) < 4.78 is 0. The van der Waals surface area contributed by atoms with Crippen molar-refractivity contribution in [2.75, 3.05) is 13.1 Å². The van der Waals surface area contributed by atoms with E-state index in [1.54, 1.807) is 0 Å². The predicted molar refractivity (Wildman–Crippen MR) is 104 cm³/mol. The monoisotopic (exact) mass is 366 g/mol. The summed E-state index contributed by atoms with van der Waals surface area (Å²) in [5.74, 6) is 1.46. The normalized spacial score (nSPS) is 35.2. The average molecular weight is 367 g/mol. The van der Waals surface area contributed by atoms with Crippen LogP contribution in [0.15, 0.2) is 30.3 Å². The Labute approximate surface area is 161 Å². The fourth-order valence-corrected chi connectivity index (χ4v) is 5.87. The van der Waals surface area contributed by atoms with Crippen molar-refractivity contribution in [3.63, 3.8) is 0 Å². The number of fused-ring (bicyclic) bond motifs is 1. The van der Waals surface area contributed by atoms with Crippen LogP contribution in [-0.2, 0) is 9.59 Å². The standard InChI is InChI=1S/C23H30N2O2/c26-22(19-15-18(19)16-8-2-1-3-9-16)25-20-11-5-4-10-17(20)14-21(25)23(27)24-12-6-7-13-24/h1-3,8-9,17-21H,4-7,10-15H2/t17-,18+,19+,20-,21-/m0/s1. The summed E-state index contributed by atoms with van der Waals surface area (Å²) in [7, 11) is 0. The molecule has 5 atom stereocenters. The van der Waals surface area contributed by atoms with Crippen molar-refractivity contribution < 1.29 is 9.59 Å². The number of carbonyl (C=O) groups excluding carboxylic acids is 2. The summed E-state index contributed by atoms with van der Waals surface area (Å²) in [6.45, 7) is 1.76. The van der Waals surface area contributed by atoms with Gasteiger partial charge in [-0.2, -0.15) is 0 Å². The Balaban J connectivity index is 1.37. The molecule has 0 bridgehead atoms. The highest BCUT2D eigenvalue weighted by molar-refractivity contribution is 5.91. The van der Waals surface area contributed by atoms with Gasteiger partial charge in [-0.1, -0.05) is 43.2 Å². The van der Waals surface area contributed by atoms with E-state index < -0.39 is 0 Å². The summed E-state index contributed by atoms with van der Waals surface area (Å²) in [6.07, 6.45) is 8.78. The maximum absolute atomic E-state index is 13.5. The molecule has 1 aromatic carbocycles. The van der Waals surface area contributed by atoms with E-state index in [0.717, 1.165) is 45.2 Å². The lowest BCUT2D eigenvalue weighted by atomic mass is 9.84. The number of nitrogens with zero attached hydrogens (tertiary/aromatic N) is 2. The van der Waals surface area contributed by atoms with Crippen LogP contribution in [0.5, 0.6) is 0 Å². The van der Waals surface area contributed by atoms with Gasteiger partial charge in [-0.05, 0) is 55.9 Å². The first-order valence-corrected chi connectivity index (χ1v) is 10.9. The maximum Gasteiger partial charge on any atom is 0.245 e. The van der Waals surface area contributed by atoms with Crippen LogP contribution in [0, 0.1) is 11.8 Å². The third-order valence-electron chi connectivity index (χ3n) is 7.38. The fourth-order valence-electron chi connectivity index (χ4n) is 5.87. The summed E-state index contributed by atoms with van der Waals surface area (Å²) in [5.41, 5.74) is 1.28. The second-order valence-corrected chi connectivity index (χ2v) is 9.00. The van der Waals surface area contributed by atoms with E-state index >= 15 is 0 Å². The molecular weight excluding hydrogens is 336 g/mol. The van der Waals surface area contributed by atoms with Gasteiger partial charge in [0.25, 0.3) is 0 Å². The number of likely N-dealkylation sites (tertiary alicyclic amines) is 2. The maximum atomic E-state index is 13.5. The van der Waals surface area contributed by atoms with Crippen LogP contribution in [-0.4, -0.2) is 46.8 Å². The van der Waals surface area contributed by atoms with Gasteiger partial charge in [0, 0.05) is 25.0 Å². The molecule has 4 fully saturated rings. The first kappa shape index (κ1) is 17.3. The van der Waals surface area contributed by atoms with Crippen molar-refractivity contribution in [2.24, 2.45) is 11.8 Å². The van der Waals surface area contributed by atoms with Crippen molar-refractivity contribution in [1.82, 2.24) is 9.80 Å². The van der Waals surface area contributed by atoms with Crippen LogP contribution in [0.1, 0.15) is 62.8 Å². The molecule has 0 unspecified atom stereocenters. The van der Waals surface area contributed by atoms with Gasteiger partial charge in [-0.15, -0.1) is 0 Å². The lowest BCUT2D eigenvalue weighted by Gasteiger charge is -2.35. The second-order valence-electron chi connectivity index (χ2n) is 9.00. The fraction of sp³-hybridized carbons (Fsp3) is 0.652. The van der Waals surface area contributed by atoms with Crippen molar-refractivity contribution in [2.45, 2.75) is 69.4 Å². The Bertz CT molecular complexity index is 712. The van der Waals surface area contributed by atoms with Gasteiger partial charge < -0.3 is 9.80 Å². The van der Waals surface area contributed by atoms with Gasteiger partial charge >= 0.3 is 0 Å². The molecule has 4 nitrogen and oxygen atoms in total. The number of carbonyl (C=O) groups is 2. The number of amides is 2. The Kier molecular flexibility index (Phi) is 4.45. The smallest absolute Gasteiger partial charge is 0.245 e. The van der Waals surface area contributed by atoms with E-state index in [1.165, 1.54) is 24.8 Å². The number of rotatable bonds is 3. The van der Waals surface area contributed by atoms with Gasteiger partial charge in [0.2, 0.25) is 11.8 Å². The van der Waals surface area contributed by atoms with Crippen LogP contribution in [0.3, 0.4) is 0 Å². The van der Waals surface area contributed by atoms with E-state index in [0.29, 0.717) is 17.9 Å². The minimum Gasteiger partial charge on any atom is -0.341 e. The summed E-state index contributed by atoms with van der Waals surface area (Å²) in [4.78, 5) is 30.9.